The molecule has 2 aliphatic heterocycles. The van der Waals surface area contributed by atoms with Crippen LogP contribution in [0.5, 0.6) is 0 Å². The molecule has 4 heterocycles. The van der Waals surface area contributed by atoms with Crippen LogP contribution in [-0.2, 0) is 6.42 Å². The number of likely N-dealkylation sites (tertiary alicyclic amines) is 1. The summed E-state index contributed by atoms with van der Waals surface area (Å²) in [4.78, 5) is 33.7. The van der Waals surface area contributed by atoms with Crippen molar-refractivity contribution in [3.05, 3.63) is 47.2 Å². The summed E-state index contributed by atoms with van der Waals surface area (Å²) in [6.07, 6.45) is 7.33. The number of nitrogens with zero attached hydrogens (tertiary/aromatic N) is 4. The summed E-state index contributed by atoms with van der Waals surface area (Å²) in [7, 11) is 0. The Bertz CT molecular complexity index is 1050. The van der Waals surface area contributed by atoms with E-state index in [1.165, 1.54) is 11.0 Å². The van der Waals surface area contributed by atoms with Gasteiger partial charge in [-0.15, -0.1) is 0 Å². The van der Waals surface area contributed by atoms with Gasteiger partial charge in [0.05, 0.1) is 5.56 Å². The summed E-state index contributed by atoms with van der Waals surface area (Å²) in [5.74, 6) is 1.43. The number of piperidine rings is 1. The first-order valence-electron chi connectivity index (χ1n) is 11.1. The van der Waals surface area contributed by atoms with Crippen LogP contribution in [0.4, 0.5) is 16.3 Å². The van der Waals surface area contributed by atoms with Crippen LogP contribution in [0.2, 0.25) is 0 Å². The third-order valence-electron chi connectivity index (χ3n) is 6.01. The molecule has 0 bridgehead atoms. The summed E-state index contributed by atoms with van der Waals surface area (Å²) >= 11 is 0. The highest BCUT2D eigenvalue weighted by atomic mass is 16.2. The van der Waals surface area contributed by atoms with Gasteiger partial charge in [-0.3, -0.25) is 14.8 Å². The Labute approximate surface area is 182 Å². The van der Waals surface area contributed by atoms with Crippen molar-refractivity contribution in [3.8, 4) is 0 Å². The molecule has 2 aliphatic rings. The number of pyridine rings is 2. The fourth-order valence-corrected chi connectivity index (χ4v) is 4.46. The normalized spacial score (nSPS) is 18.5. The minimum absolute atomic E-state index is 0.0649. The lowest BCUT2D eigenvalue weighted by Gasteiger charge is -2.32. The third-order valence-corrected chi connectivity index (χ3v) is 6.01. The first-order chi connectivity index (χ1) is 15.0. The monoisotopic (exact) mass is 422 g/mol. The number of aryl methyl sites for hydroxylation is 1. The zero-order chi connectivity index (χ0) is 22.0. The molecule has 0 radical (unpaired) electrons. The number of nitrogens with one attached hydrogen (secondary N) is 2. The topological polar surface area (TPSA) is 94.3 Å². The summed E-state index contributed by atoms with van der Waals surface area (Å²) in [6, 6.07) is 5.18. The molecule has 31 heavy (non-hydrogen) atoms. The van der Waals surface area contributed by atoms with E-state index in [0.717, 1.165) is 56.0 Å². The SMILES string of the molecule is CCNC(=O)n1ccc(N2CCCc3cc(C(=O)N4CCC[C@H](C)C4)cnc32)cc1=N. The fraction of sp³-hybridized carbons (Fsp3) is 0.478. The molecule has 0 spiro atoms. The smallest absolute Gasteiger partial charge is 0.327 e. The predicted molar refractivity (Wildman–Crippen MR) is 119 cm³/mol. The van der Waals surface area contributed by atoms with E-state index in [0.29, 0.717) is 18.0 Å². The van der Waals surface area contributed by atoms with Crippen LogP contribution in [0.3, 0.4) is 0 Å². The molecule has 0 saturated carbocycles. The third kappa shape index (κ3) is 4.33. The van der Waals surface area contributed by atoms with Gasteiger partial charge in [0.2, 0.25) is 0 Å². The number of carbonyl (C=O) groups excluding carboxylic acids is 2. The average molecular weight is 423 g/mol. The maximum atomic E-state index is 13.0. The number of amides is 2. The molecular formula is C23H30N6O2. The number of fused-ring (bicyclic) bond motifs is 1. The highest BCUT2D eigenvalue weighted by Crippen LogP contribution is 2.32. The second-order valence-corrected chi connectivity index (χ2v) is 8.44. The van der Waals surface area contributed by atoms with Crippen LogP contribution >= 0.6 is 0 Å². The van der Waals surface area contributed by atoms with Crippen LogP contribution in [0.25, 0.3) is 0 Å². The largest absolute Gasteiger partial charge is 0.338 e. The van der Waals surface area contributed by atoms with Gasteiger partial charge in [-0.25, -0.2) is 9.78 Å². The molecule has 2 N–H and O–H groups in total. The fourth-order valence-electron chi connectivity index (χ4n) is 4.46. The van der Waals surface area contributed by atoms with Crippen LogP contribution in [0, 0.1) is 11.3 Å². The van der Waals surface area contributed by atoms with E-state index in [-0.39, 0.29) is 17.4 Å². The molecule has 164 valence electrons. The Morgan fingerprint density at radius 3 is 2.84 bits per heavy atom. The van der Waals surface area contributed by atoms with Gasteiger partial charge >= 0.3 is 6.03 Å². The van der Waals surface area contributed by atoms with E-state index < -0.39 is 0 Å². The van der Waals surface area contributed by atoms with Crippen molar-refractivity contribution in [2.45, 2.75) is 39.5 Å². The average Bonchev–Trinajstić information content (AvgIpc) is 2.77. The Morgan fingerprint density at radius 2 is 2.10 bits per heavy atom. The molecule has 8 nitrogen and oxygen atoms in total. The van der Waals surface area contributed by atoms with E-state index in [9.17, 15) is 9.59 Å². The zero-order valence-corrected chi connectivity index (χ0v) is 18.2. The maximum absolute atomic E-state index is 13.0. The highest BCUT2D eigenvalue weighted by molar-refractivity contribution is 5.94. The van der Waals surface area contributed by atoms with Gasteiger partial charge in [0.1, 0.15) is 11.3 Å². The quantitative estimate of drug-likeness (QED) is 0.795. The molecule has 2 aromatic heterocycles. The second-order valence-electron chi connectivity index (χ2n) is 8.44. The van der Waals surface area contributed by atoms with E-state index >= 15 is 0 Å². The molecule has 0 aliphatic carbocycles. The summed E-state index contributed by atoms with van der Waals surface area (Å²) in [5, 5.41) is 11.0. The molecule has 1 saturated heterocycles. The van der Waals surface area contributed by atoms with Crippen molar-refractivity contribution in [1.29, 1.82) is 5.41 Å². The van der Waals surface area contributed by atoms with Gasteiger partial charge in [-0.1, -0.05) is 6.92 Å². The van der Waals surface area contributed by atoms with Crippen molar-refractivity contribution in [2.24, 2.45) is 5.92 Å². The lowest BCUT2D eigenvalue weighted by molar-refractivity contribution is 0.0682. The Kier molecular flexibility index (Phi) is 6.06. The van der Waals surface area contributed by atoms with Gasteiger partial charge in [-0.05, 0) is 56.2 Å². The van der Waals surface area contributed by atoms with Crippen LogP contribution in [0.1, 0.15) is 49.0 Å². The highest BCUT2D eigenvalue weighted by Gasteiger charge is 2.25. The first-order valence-corrected chi connectivity index (χ1v) is 11.1. The zero-order valence-electron chi connectivity index (χ0n) is 18.2. The second kappa shape index (κ2) is 8.91. The number of anilines is 2. The maximum Gasteiger partial charge on any atom is 0.327 e. The van der Waals surface area contributed by atoms with Crippen molar-refractivity contribution in [3.63, 3.8) is 0 Å². The minimum atomic E-state index is -0.314. The minimum Gasteiger partial charge on any atom is -0.338 e. The van der Waals surface area contributed by atoms with E-state index in [1.54, 1.807) is 18.5 Å². The molecule has 1 fully saturated rings. The van der Waals surface area contributed by atoms with E-state index in [4.69, 9.17) is 5.41 Å². The van der Waals surface area contributed by atoms with Gasteiger partial charge < -0.3 is 15.1 Å². The predicted octanol–water partition coefficient (Wildman–Crippen LogP) is 2.90. The molecule has 4 rings (SSSR count). The summed E-state index contributed by atoms with van der Waals surface area (Å²) < 4.78 is 1.28. The van der Waals surface area contributed by atoms with Gasteiger partial charge in [0.15, 0.2) is 0 Å². The summed E-state index contributed by atoms with van der Waals surface area (Å²) in [6.45, 7) is 6.95. The molecule has 1 atom stereocenters. The molecular weight excluding hydrogens is 392 g/mol. The Hall–Kier alpha value is -3.16. The van der Waals surface area contributed by atoms with Crippen molar-refractivity contribution < 1.29 is 9.59 Å². The van der Waals surface area contributed by atoms with Crippen molar-refractivity contribution in [1.82, 2.24) is 19.8 Å². The van der Waals surface area contributed by atoms with Gasteiger partial charge in [0, 0.05) is 50.3 Å². The van der Waals surface area contributed by atoms with Crippen LogP contribution in [0.15, 0.2) is 30.6 Å². The number of hydrogen-bond acceptors (Lipinski definition) is 5. The number of hydrogen-bond donors (Lipinski definition) is 2. The number of aromatic nitrogens is 2. The molecule has 2 amide bonds. The molecule has 2 aromatic rings. The first kappa shape index (κ1) is 21.1. The standard InChI is InChI=1S/C23H30N6O2/c1-3-25-23(31)29-11-8-19(13-20(29)24)28-10-5-7-17-12-18(14-26-21(17)28)22(30)27-9-4-6-16(2)15-27/h8,11-14,16,24H,3-7,9-10,15H2,1-2H3,(H,25,31)/t16-/m0/s1. The molecule has 0 unspecified atom stereocenters. The number of rotatable bonds is 3. The van der Waals surface area contributed by atoms with Gasteiger partial charge in [-0.2, -0.15) is 0 Å². The number of carbonyl (C=O) groups is 2. The Balaban J connectivity index is 1.59. The van der Waals surface area contributed by atoms with Crippen LogP contribution < -0.4 is 15.7 Å². The summed E-state index contributed by atoms with van der Waals surface area (Å²) in [5.41, 5.74) is 2.64. The van der Waals surface area contributed by atoms with Crippen LogP contribution in [-0.4, -0.2) is 52.6 Å². The van der Waals surface area contributed by atoms with Crippen molar-refractivity contribution in [2.75, 3.05) is 31.1 Å². The van der Waals surface area contributed by atoms with Gasteiger partial charge in [0.25, 0.3) is 5.91 Å². The molecule has 0 aromatic carbocycles. The van der Waals surface area contributed by atoms with Crippen molar-refractivity contribution >= 4 is 23.4 Å². The lowest BCUT2D eigenvalue weighted by Crippen LogP contribution is -2.39. The lowest BCUT2D eigenvalue weighted by atomic mass is 9.99. The van der Waals surface area contributed by atoms with E-state index in [1.807, 2.05) is 24.0 Å². The Morgan fingerprint density at radius 1 is 1.26 bits per heavy atom. The van der Waals surface area contributed by atoms with E-state index in [2.05, 4.69) is 22.1 Å². The molecule has 8 heteroatoms.